The van der Waals surface area contributed by atoms with E-state index in [0.717, 1.165) is 16.7 Å². The largest absolute Gasteiger partial charge is 0.493 e. The summed E-state index contributed by atoms with van der Waals surface area (Å²) in [5.74, 6) is 1.92. The van der Waals surface area contributed by atoms with E-state index in [-0.39, 0.29) is 12.5 Å². The van der Waals surface area contributed by atoms with E-state index < -0.39 is 0 Å². The summed E-state index contributed by atoms with van der Waals surface area (Å²) in [6.07, 6.45) is 1.53. The summed E-state index contributed by atoms with van der Waals surface area (Å²) < 4.78 is 13.2. The van der Waals surface area contributed by atoms with Gasteiger partial charge in [-0.3, -0.25) is 14.5 Å². The van der Waals surface area contributed by atoms with Gasteiger partial charge in [0.15, 0.2) is 22.1 Å². The van der Waals surface area contributed by atoms with Crippen LogP contribution in [0, 0.1) is 18.6 Å². The zero-order chi connectivity index (χ0) is 23.4. The molecule has 0 bridgehead atoms. The van der Waals surface area contributed by atoms with E-state index in [1.165, 1.54) is 6.20 Å². The Balaban J connectivity index is 1.44. The van der Waals surface area contributed by atoms with Crippen molar-refractivity contribution in [2.75, 3.05) is 12.4 Å². The normalized spacial score (nSPS) is 10.6. The van der Waals surface area contributed by atoms with Gasteiger partial charge in [-0.2, -0.15) is 5.10 Å². The van der Waals surface area contributed by atoms with E-state index in [2.05, 4.69) is 20.5 Å². The number of amides is 1. The molecule has 8 nitrogen and oxygen atoms in total. The molecule has 0 saturated heterocycles. The van der Waals surface area contributed by atoms with Crippen molar-refractivity contribution in [2.45, 2.75) is 20.4 Å². The second-order valence-electron chi connectivity index (χ2n) is 7.50. The third-order valence-corrected chi connectivity index (χ3v) is 5.20. The predicted molar refractivity (Wildman–Crippen MR) is 128 cm³/mol. The van der Waals surface area contributed by atoms with Crippen molar-refractivity contribution in [3.8, 4) is 28.8 Å². The molecule has 4 rings (SSSR count). The highest BCUT2D eigenvalue weighted by atomic mass is 32.1. The molecule has 0 radical (unpaired) electrons. The molecule has 0 aliphatic heterocycles. The highest BCUT2D eigenvalue weighted by Gasteiger charge is 2.13. The molecular formula is C24H23N5O3S. The number of hydrogen-bond donors (Lipinski definition) is 2. The summed E-state index contributed by atoms with van der Waals surface area (Å²) in [6.45, 7) is 3.98. The molecule has 0 aliphatic rings. The molecule has 168 valence electrons. The van der Waals surface area contributed by atoms with Gasteiger partial charge in [-0.1, -0.05) is 29.8 Å². The quantitative estimate of drug-likeness (QED) is 0.374. The lowest BCUT2D eigenvalue weighted by Gasteiger charge is -2.11. The highest BCUT2D eigenvalue weighted by Crippen LogP contribution is 2.31. The number of aromatic nitrogens is 4. The molecular weight excluding hydrogens is 438 g/mol. The molecule has 0 fully saturated rings. The number of ether oxygens (including phenoxy) is 2. The van der Waals surface area contributed by atoms with Crippen LogP contribution in [0.15, 0.2) is 60.8 Å². The fraction of sp³-hybridized carbons (Fsp3) is 0.167. The average molecular weight is 462 g/mol. The molecule has 0 unspecified atom stereocenters. The topological polar surface area (TPSA) is 94.1 Å². The van der Waals surface area contributed by atoms with E-state index in [0.29, 0.717) is 33.7 Å². The van der Waals surface area contributed by atoms with Crippen molar-refractivity contribution < 1.29 is 14.3 Å². The number of rotatable bonds is 7. The lowest BCUT2D eigenvalue weighted by atomic mass is 10.1. The number of methoxy groups -OCH3 is 1. The number of carbonyl (C=O) groups is 1. The average Bonchev–Trinajstić information content (AvgIpc) is 3.16. The van der Waals surface area contributed by atoms with Gasteiger partial charge in [-0.15, -0.1) is 0 Å². The molecule has 0 atom stereocenters. The summed E-state index contributed by atoms with van der Waals surface area (Å²) in [4.78, 5) is 17.0. The first-order valence-corrected chi connectivity index (χ1v) is 10.6. The summed E-state index contributed by atoms with van der Waals surface area (Å²) in [5.41, 5.74) is 3.57. The third-order valence-electron chi connectivity index (χ3n) is 4.89. The van der Waals surface area contributed by atoms with Gasteiger partial charge in [-0.25, -0.2) is 4.98 Å². The van der Waals surface area contributed by atoms with Crippen molar-refractivity contribution in [3.63, 3.8) is 0 Å². The van der Waals surface area contributed by atoms with Gasteiger partial charge in [0.2, 0.25) is 11.8 Å². The van der Waals surface area contributed by atoms with Crippen LogP contribution in [-0.4, -0.2) is 32.8 Å². The molecule has 2 aromatic heterocycles. The van der Waals surface area contributed by atoms with Crippen molar-refractivity contribution in [1.82, 2.24) is 19.7 Å². The zero-order valence-electron chi connectivity index (χ0n) is 18.5. The standard InChI is InChI=1S/C24H23N5O3S/c1-15-5-4-6-17(11-15)23-27-28-24(33)29(23)14-21(30)26-18-8-10-22(25-13-18)32-19-9-7-16(2)12-20(19)31-3/h4-13H,14H2,1-3H3,(H,26,30)(H,28,33). The summed E-state index contributed by atoms with van der Waals surface area (Å²) in [6, 6.07) is 16.9. The Labute approximate surface area is 196 Å². The summed E-state index contributed by atoms with van der Waals surface area (Å²) >= 11 is 5.32. The number of hydrogen-bond acceptors (Lipinski definition) is 6. The first kappa shape index (κ1) is 22.2. The SMILES string of the molecule is COc1cc(C)ccc1Oc1ccc(NC(=O)Cn2c(-c3cccc(C)c3)n[nH]c2=S)cn1. The maximum Gasteiger partial charge on any atom is 0.244 e. The number of pyridine rings is 1. The molecule has 9 heteroatoms. The number of carbonyl (C=O) groups excluding carboxylic acids is 1. The minimum absolute atomic E-state index is 0.0113. The van der Waals surface area contributed by atoms with Crippen LogP contribution >= 0.6 is 12.2 Å². The van der Waals surface area contributed by atoms with Gasteiger partial charge in [-0.05, 0) is 55.9 Å². The van der Waals surface area contributed by atoms with Crippen molar-refractivity contribution in [1.29, 1.82) is 0 Å². The molecule has 2 N–H and O–H groups in total. The van der Waals surface area contributed by atoms with E-state index in [1.807, 2.05) is 56.3 Å². The van der Waals surface area contributed by atoms with E-state index >= 15 is 0 Å². The van der Waals surface area contributed by atoms with Crippen LogP contribution < -0.4 is 14.8 Å². The molecule has 2 heterocycles. The molecule has 1 amide bonds. The number of aryl methyl sites for hydroxylation is 2. The molecule has 0 aliphatic carbocycles. The first-order valence-electron chi connectivity index (χ1n) is 10.2. The highest BCUT2D eigenvalue weighted by molar-refractivity contribution is 7.71. The number of benzene rings is 2. The van der Waals surface area contributed by atoms with Gasteiger partial charge in [0.05, 0.1) is 19.0 Å². The second-order valence-corrected chi connectivity index (χ2v) is 7.88. The Bertz CT molecular complexity index is 1340. The summed E-state index contributed by atoms with van der Waals surface area (Å²) in [5, 5.41) is 9.88. The van der Waals surface area contributed by atoms with E-state index in [1.54, 1.807) is 23.8 Å². The van der Waals surface area contributed by atoms with Gasteiger partial charge >= 0.3 is 0 Å². The van der Waals surface area contributed by atoms with Crippen LogP contribution in [-0.2, 0) is 11.3 Å². The van der Waals surface area contributed by atoms with Crippen LogP contribution in [0.3, 0.4) is 0 Å². The Morgan fingerprint density at radius 3 is 2.64 bits per heavy atom. The van der Waals surface area contributed by atoms with Crippen LogP contribution in [0.2, 0.25) is 0 Å². The van der Waals surface area contributed by atoms with Crippen LogP contribution in [0.5, 0.6) is 17.4 Å². The Kier molecular flexibility index (Phi) is 6.50. The smallest absolute Gasteiger partial charge is 0.244 e. The maximum atomic E-state index is 12.7. The number of nitrogens with zero attached hydrogens (tertiary/aromatic N) is 3. The van der Waals surface area contributed by atoms with Gasteiger partial charge in [0.1, 0.15) is 6.54 Å². The minimum Gasteiger partial charge on any atom is -0.493 e. The van der Waals surface area contributed by atoms with Crippen LogP contribution in [0.1, 0.15) is 11.1 Å². The number of nitrogens with one attached hydrogen (secondary N) is 2. The number of H-pyrrole nitrogens is 1. The fourth-order valence-electron chi connectivity index (χ4n) is 3.30. The van der Waals surface area contributed by atoms with Gasteiger partial charge in [0.25, 0.3) is 0 Å². The number of anilines is 1. The third kappa shape index (κ3) is 5.27. The molecule has 2 aromatic carbocycles. The van der Waals surface area contributed by atoms with Gasteiger partial charge < -0.3 is 14.8 Å². The maximum absolute atomic E-state index is 12.7. The minimum atomic E-state index is -0.253. The van der Waals surface area contributed by atoms with Gasteiger partial charge in [0, 0.05) is 11.6 Å². The zero-order valence-corrected chi connectivity index (χ0v) is 19.3. The Morgan fingerprint density at radius 2 is 1.91 bits per heavy atom. The molecule has 4 aromatic rings. The van der Waals surface area contributed by atoms with E-state index in [9.17, 15) is 4.79 Å². The number of aromatic amines is 1. The van der Waals surface area contributed by atoms with Crippen molar-refractivity contribution in [3.05, 3.63) is 76.7 Å². The van der Waals surface area contributed by atoms with Crippen molar-refractivity contribution >= 4 is 23.8 Å². The fourth-order valence-corrected chi connectivity index (χ4v) is 3.50. The second kappa shape index (κ2) is 9.66. The lowest BCUT2D eigenvalue weighted by molar-refractivity contribution is -0.116. The monoisotopic (exact) mass is 461 g/mol. The van der Waals surface area contributed by atoms with E-state index in [4.69, 9.17) is 21.7 Å². The van der Waals surface area contributed by atoms with Crippen LogP contribution in [0.4, 0.5) is 5.69 Å². The van der Waals surface area contributed by atoms with Crippen molar-refractivity contribution in [2.24, 2.45) is 0 Å². The molecule has 33 heavy (non-hydrogen) atoms. The first-order chi connectivity index (χ1) is 15.9. The lowest BCUT2D eigenvalue weighted by Crippen LogP contribution is -2.19. The Morgan fingerprint density at radius 1 is 1.09 bits per heavy atom. The molecule has 0 spiro atoms. The predicted octanol–water partition coefficient (Wildman–Crippen LogP) is 5.06. The van der Waals surface area contributed by atoms with Crippen LogP contribution in [0.25, 0.3) is 11.4 Å². The Hall–Kier alpha value is -3.98. The molecule has 0 saturated carbocycles. The summed E-state index contributed by atoms with van der Waals surface area (Å²) in [7, 11) is 1.59.